The number of carbonyl (C=O) groups is 1. The van der Waals surface area contributed by atoms with E-state index in [2.05, 4.69) is 53.4 Å². The molecule has 2 rings (SSSR count). The third kappa shape index (κ3) is 2.07. The first kappa shape index (κ1) is 11.5. The van der Waals surface area contributed by atoms with Crippen LogP contribution in [0.5, 0.6) is 0 Å². The van der Waals surface area contributed by atoms with Crippen LogP contribution in [-0.2, 0) is 0 Å². The van der Waals surface area contributed by atoms with Crippen molar-refractivity contribution in [3.63, 3.8) is 0 Å². The van der Waals surface area contributed by atoms with E-state index in [1.54, 1.807) is 0 Å². The van der Waals surface area contributed by atoms with Gasteiger partial charge in [-0.25, -0.2) is 4.79 Å². The van der Waals surface area contributed by atoms with E-state index >= 15 is 0 Å². The molecule has 0 aromatic heterocycles. The Hall–Kier alpha value is -1.03. The van der Waals surface area contributed by atoms with Crippen molar-refractivity contribution in [1.29, 1.82) is 0 Å². The number of halogens is 1. The molecular formula is C12H15BrN2O. The number of amides is 2. The maximum Gasteiger partial charge on any atom is 0.319 e. The van der Waals surface area contributed by atoms with Crippen molar-refractivity contribution in [2.45, 2.75) is 26.8 Å². The predicted octanol–water partition coefficient (Wildman–Crippen LogP) is 3.67. The molecule has 1 aliphatic heterocycles. The van der Waals surface area contributed by atoms with E-state index in [9.17, 15) is 4.79 Å². The van der Waals surface area contributed by atoms with Gasteiger partial charge in [-0.05, 0) is 29.2 Å². The number of benzene rings is 1. The number of nitrogens with one attached hydrogen (secondary N) is 2. The zero-order valence-electron chi connectivity index (χ0n) is 9.60. The van der Waals surface area contributed by atoms with Crippen molar-refractivity contribution in [2.24, 2.45) is 5.41 Å². The van der Waals surface area contributed by atoms with E-state index in [1.165, 1.54) is 0 Å². The van der Waals surface area contributed by atoms with Crippen LogP contribution < -0.4 is 10.6 Å². The van der Waals surface area contributed by atoms with Crippen molar-refractivity contribution in [3.05, 3.63) is 28.2 Å². The van der Waals surface area contributed by atoms with Crippen molar-refractivity contribution in [2.75, 3.05) is 5.32 Å². The molecule has 0 bridgehead atoms. The van der Waals surface area contributed by atoms with E-state index in [0.29, 0.717) is 0 Å². The highest BCUT2D eigenvalue weighted by atomic mass is 79.9. The molecule has 1 atom stereocenters. The van der Waals surface area contributed by atoms with E-state index in [0.717, 1.165) is 15.7 Å². The maximum absolute atomic E-state index is 11.5. The molecule has 1 heterocycles. The number of rotatable bonds is 0. The van der Waals surface area contributed by atoms with Crippen molar-refractivity contribution < 1.29 is 4.79 Å². The van der Waals surface area contributed by atoms with Gasteiger partial charge in [0.2, 0.25) is 0 Å². The van der Waals surface area contributed by atoms with Crippen LogP contribution in [0.3, 0.4) is 0 Å². The summed E-state index contributed by atoms with van der Waals surface area (Å²) in [5.41, 5.74) is 2.01. The summed E-state index contributed by atoms with van der Waals surface area (Å²) in [5.74, 6) is 0. The molecular weight excluding hydrogens is 268 g/mol. The molecule has 1 unspecified atom stereocenters. The molecule has 1 aliphatic rings. The minimum absolute atomic E-state index is 0.00664. The van der Waals surface area contributed by atoms with Crippen LogP contribution in [-0.4, -0.2) is 6.03 Å². The van der Waals surface area contributed by atoms with Crippen molar-refractivity contribution in [1.82, 2.24) is 5.32 Å². The van der Waals surface area contributed by atoms with E-state index in [1.807, 2.05) is 12.1 Å². The monoisotopic (exact) mass is 282 g/mol. The number of carbonyl (C=O) groups excluding carboxylic acids is 1. The summed E-state index contributed by atoms with van der Waals surface area (Å²) in [6, 6.07) is 5.82. The Bertz CT molecular complexity index is 437. The lowest BCUT2D eigenvalue weighted by Gasteiger charge is -2.36. The number of hydrogen-bond donors (Lipinski definition) is 2. The zero-order valence-corrected chi connectivity index (χ0v) is 11.2. The fourth-order valence-corrected chi connectivity index (χ4v) is 2.32. The summed E-state index contributed by atoms with van der Waals surface area (Å²) in [5, 5.41) is 5.79. The van der Waals surface area contributed by atoms with E-state index in [4.69, 9.17) is 0 Å². The molecule has 1 aromatic rings. The topological polar surface area (TPSA) is 41.1 Å². The molecule has 0 saturated carbocycles. The minimum atomic E-state index is -0.130. The predicted molar refractivity (Wildman–Crippen MR) is 68.5 cm³/mol. The van der Waals surface area contributed by atoms with Gasteiger partial charge >= 0.3 is 6.03 Å². The molecule has 86 valence electrons. The number of hydrogen-bond acceptors (Lipinski definition) is 1. The molecule has 0 radical (unpaired) electrons. The highest BCUT2D eigenvalue weighted by Crippen LogP contribution is 2.39. The van der Waals surface area contributed by atoms with Crippen molar-refractivity contribution >= 4 is 27.6 Å². The van der Waals surface area contributed by atoms with Gasteiger partial charge in [-0.3, -0.25) is 0 Å². The summed E-state index contributed by atoms with van der Waals surface area (Å²) in [6.07, 6.45) is 0. The third-order valence-electron chi connectivity index (χ3n) is 2.71. The Morgan fingerprint density at radius 3 is 2.62 bits per heavy atom. The Balaban J connectivity index is 2.52. The second-order valence-corrected chi connectivity index (χ2v) is 6.04. The van der Waals surface area contributed by atoms with Crippen LogP contribution in [0.2, 0.25) is 0 Å². The first-order chi connectivity index (χ1) is 7.38. The van der Waals surface area contributed by atoms with Gasteiger partial charge in [0.1, 0.15) is 0 Å². The fraction of sp³-hybridized carbons (Fsp3) is 0.417. The summed E-state index contributed by atoms with van der Waals surface area (Å²) < 4.78 is 1.03. The second kappa shape index (κ2) is 3.77. The average molecular weight is 283 g/mol. The van der Waals surface area contributed by atoms with Gasteiger partial charge in [0, 0.05) is 10.2 Å². The van der Waals surface area contributed by atoms with Gasteiger partial charge in [-0.15, -0.1) is 0 Å². The summed E-state index contributed by atoms with van der Waals surface area (Å²) in [6.45, 7) is 6.36. The Kier molecular flexibility index (Phi) is 2.70. The SMILES string of the molecule is CC(C)(C)C1NC(=O)Nc2ccc(Br)cc21. The third-order valence-corrected chi connectivity index (χ3v) is 3.21. The van der Waals surface area contributed by atoms with Gasteiger partial charge in [0.05, 0.1) is 6.04 Å². The van der Waals surface area contributed by atoms with Crippen molar-refractivity contribution in [3.8, 4) is 0 Å². The Morgan fingerprint density at radius 2 is 2.00 bits per heavy atom. The summed E-state index contributed by atoms with van der Waals surface area (Å²) in [4.78, 5) is 11.5. The van der Waals surface area contributed by atoms with Gasteiger partial charge in [0.25, 0.3) is 0 Å². The molecule has 2 N–H and O–H groups in total. The summed E-state index contributed by atoms with van der Waals surface area (Å²) in [7, 11) is 0. The molecule has 2 amide bonds. The van der Waals surface area contributed by atoms with Crippen LogP contribution in [0.4, 0.5) is 10.5 Å². The van der Waals surface area contributed by atoms with E-state index < -0.39 is 0 Å². The number of urea groups is 1. The highest BCUT2D eigenvalue weighted by Gasteiger charge is 2.33. The van der Waals surface area contributed by atoms with E-state index in [-0.39, 0.29) is 17.5 Å². The van der Waals surface area contributed by atoms with Crippen LogP contribution >= 0.6 is 15.9 Å². The lowest BCUT2D eigenvalue weighted by atomic mass is 9.81. The van der Waals surface area contributed by atoms with Crippen LogP contribution in [0.15, 0.2) is 22.7 Å². The van der Waals surface area contributed by atoms with Gasteiger partial charge < -0.3 is 10.6 Å². The smallest absolute Gasteiger partial charge is 0.319 e. The summed E-state index contributed by atoms with van der Waals surface area (Å²) >= 11 is 3.46. The largest absolute Gasteiger partial charge is 0.330 e. The van der Waals surface area contributed by atoms with Gasteiger partial charge in [0.15, 0.2) is 0 Å². The molecule has 4 heteroatoms. The lowest BCUT2D eigenvalue weighted by molar-refractivity contribution is 0.226. The quantitative estimate of drug-likeness (QED) is 0.749. The zero-order chi connectivity index (χ0) is 11.9. The number of fused-ring (bicyclic) bond motifs is 1. The maximum atomic E-state index is 11.5. The van der Waals surface area contributed by atoms with Gasteiger partial charge in [-0.1, -0.05) is 36.7 Å². The molecule has 0 saturated heterocycles. The number of anilines is 1. The van der Waals surface area contributed by atoms with Crippen LogP contribution in [0, 0.1) is 5.41 Å². The Labute approximate surface area is 104 Å². The molecule has 0 aliphatic carbocycles. The van der Waals surface area contributed by atoms with Crippen LogP contribution in [0.1, 0.15) is 32.4 Å². The minimum Gasteiger partial charge on any atom is -0.330 e. The standard InChI is InChI=1S/C12H15BrN2O/c1-12(2,3)10-8-6-7(13)4-5-9(8)14-11(16)15-10/h4-6,10H,1-3H3,(H2,14,15,16). The first-order valence-corrected chi connectivity index (χ1v) is 6.04. The molecule has 1 aromatic carbocycles. The average Bonchev–Trinajstić information content (AvgIpc) is 2.16. The molecule has 16 heavy (non-hydrogen) atoms. The highest BCUT2D eigenvalue weighted by molar-refractivity contribution is 9.10. The second-order valence-electron chi connectivity index (χ2n) is 5.13. The fourth-order valence-electron chi connectivity index (χ4n) is 1.94. The molecule has 0 fully saturated rings. The first-order valence-electron chi connectivity index (χ1n) is 5.25. The van der Waals surface area contributed by atoms with Crippen LogP contribution in [0.25, 0.3) is 0 Å². The lowest BCUT2D eigenvalue weighted by Crippen LogP contribution is -2.43. The van der Waals surface area contributed by atoms with Gasteiger partial charge in [-0.2, -0.15) is 0 Å². The molecule has 3 nitrogen and oxygen atoms in total. The molecule has 0 spiro atoms. The Morgan fingerprint density at radius 1 is 1.31 bits per heavy atom. The normalized spacial score (nSPS) is 19.8.